The van der Waals surface area contributed by atoms with Crippen LogP contribution in [0.2, 0.25) is 0 Å². The lowest BCUT2D eigenvalue weighted by molar-refractivity contribution is -0.105. The van der Waals surface area contributed by atoms with Gasteiger partial charge in [-0.05, 0) is 0 Å². The molecule has 1 amide bonds. The Morgan fingerprint density at radius 1 is 1.50 bits per heavy atom. The summed E-state index contributed by atoms with van der Waals surface area (Å²) in [7, 11) is 1.56. The minimum Gasteiger partial charge on any atom is -0.479 e. The number of pyridine rings is 1. The van der Waals surface area contributed by atoms with Gasteiger partial charge in [0.25, 0.3) is 0 Å². The van der Waals surface area contributed by atoms with Crippen molar-refractivity contribution in [2.24, 2.45) is 0 Å². The number of methoxy groups -OCH3 is 1. The molecular formula is C12H14N4O3S. The van der Waals surface area contributed by atoms with Crippen molar-refractivity contribution in [2.75, 3.05) is 43.6 Å². The number of fused-ring (bicyclic) bond motifs is 1. The first-order valence-corrected chi connectivity index (χ1v) is 7.01. The summed E-state index contributed by atoms with van der Waals surface area (Å²) < 4.78 is 11.6. The lowest BCUT2D eigenvalue weighted by Crippen LogP contribution is -2.36. The Balaban J connectivity index is 2.09. The zero-order valence-electron chi connectivity index (χ0n) is 11.0. The van der Waals surface area contributed by atoms with Crippen LogP contribution in [0, 0.1) is 0 Å². The fourth-order valence-electron chi connectivity index (χ4n) is 2.17. The molecule has 0 aromatic carbocycles. The van der Waals surface area contributed by atoms with Gasteiger partial charge in [-0.2, -0.15) is 0 Å². The number of carbonyl (C=O) groups is 1. The number of morpholine rings is 1. The Hall–Kier alpha value is -1.93. The molecule has 2 aromatic heterocycles. The molecule has 0 unspecified atom stereocenters. The highest BCUT2D eigenvalue weighted by atomic mass is 32.1. The number of hydrogen-bond donors (Lipinski definition) is 1. The predicted octanol–water partition coefficient (Wildman–Crippen LogP) is 1.10. The van der Waals surface area contributed by atoms with Gasteiger partial charge in [-0.1, -0.05) is 11.3 Å². The van der Waals surface area contributed by atoms with Gasteiger partial charge in [-0.15, -0.1) is 0 Å². The summed E-state index contributed by atoms with van der Waals surface area (Å²) in [5.74, 6) is 0.465. The Morgan fingerprint density at radius 2 is 2.30 bits per heavy atom. The summed E-state index contributed by atoms with van der Waals surface area (Å²) in [6.45, 7) is 3.03. The number of ether oxygens (including phenoxy) is 2. The Bertz CT molecular complexity index is 624. The van der Waals surface area contributed by atoms with Gasteiger partial charge < -0.3 is 19.7 Å². The summed E-state index contributed by atoms with van der Waals surface area (Å²) >= 11 is 1.42. The number of nitrogens with zero attached hydrogens (tertiary/aromatic N) is 3. The summed E-state index contributed by atoms with van der Waals surface area (Å²) in [6, 6.07) is 0. The van der Waals surface area contributed by atoms with Crippen LogP contribution in [-0.2, 0) is 9.53 Å². The zero-order chi connectivity index (χ0) is 13.9. The Morgan fingerprint density at radius 3 is 3.00 bits per heavy atom. The smallest absolute Gasteiger partial charge is 0.241 e. The molecule has 20 heavy (non-hydrogen) atoms. The molecule has 7 nitrogen and oxygen atoms in total. The van der Waals surface area contributed by atoms with Gasteiger partial charge in [0.2, 0.25) is 12.3 Å². The maximum atomic E-state index is 10.6. The van der Waals surface area contributed by atoms with Crippen molar-refractivity contribution >= 4 is 38.8 Å². The molecule has 0 atom stereocenters. The molecule has 0 radical (unpaired) electrons. The first kappa shape index (κ1) is 13.1. The maximum Gasteiger partial charge on any atom is 0.241 e. The minimum atomic E-state index is 0.465. The number of nitrogens with one attached hydrogen (secondary N) is 1. The number of anilines is 2. The van der Waals surface area contributed by atoms with E-state index in [0.717, 1.165) is 23.5 Å². The molecule has 0 saturated carbocycles. The van der Waals surface area contributed by atoms with Crippen LogP contribution in [0.5, 0.6) is 5.88 Å². The van der Waals surface area contributed by atoms with Gasteiger partial charge in [0.15, 0.2) is 5.13 Å². The van der Waals surface area contributed by atoms with Crippen molar-refractivity contribution in [2.45, 2.75) is 0 Å². The van der Waals surface area contributed by atoms with Gasteiger partial charge in [-0.25, -0.2) is 9.97 Å². The molecule has 3 heterocycles. The molecule has 0 bridgehead atoms. The zero-order valence-corrected chi connectivity index (χ0v) is 11.8. The van der Waals surface area contributed by atoms with E-state index in [4.69, 9.17) is 9.47 Å². The highest BCUT2D eigenvalue weighted by Gasteiger charge is 2.19. The molecule has 1 aliphatic heterocycles. The molecule has 1 N–H and O–H groups in total. The van der Waals surface area contributed by atoms with Crippen LogP contribution in [0.15, 0.2) is 6.20 Å². The highest BCUT2D eigenvalue weighted by Crippen LogP contribution is 2.37. The summed E-state index contributed by atoms with van der Waals surface area (Å²) in [5.41, 5.74) is 1.67. The lowest BCUT2D eigenvalue weighted by Gasteiger charge is -2.28. The first-order chi connectivity index (χ1) is 9.83. The number of hydrogen-bond acceptors (Lipinski definition) is 7. The Kier molecular flexibility index (Phi) is 3.66. The average Bonchev–Trinajstić information content (AvgIpc) is 2.91. The minimum absolute atomic E-state index is 0.465. The second-order valence-electron chi connectivity index (χ2n) is 4.21. The van der Waals surface area contributed by atoms with E-state index >= 15 is 0 Å². The normalized spacial score (nSPS) is 15.3. The largest absolute Gasteiger partial charge is 0.479 e. The number of amides is 1. The van der Waals surface area contributed by atoms with E-state index in [9.17, 15) is 4.79 Å². The number of carbonyl (C=O) groups excluding carboxylic acids is 1. The van der Waals surface area contributed by atoms with E-state index in [1.165, 1.54) is 11.3 Å². The van der Waals surface area contributed by atoms with Crippen LogP contribution in [0.1, 0.15) is 0 Å². The highest BCUT2D eigenvalue weighted by molar-refractivity contribution is 7.23. The third-order valence-electron chi connectivity index (χ3n) is 3.09. The molecule has 0 spiro atoms. The molecule has 3 rings (SSSR count). The van der Waals surface area contributed by atoms with Crippen LogP contribution < -0.4 is 15.0 Å². The molecule has 1 aliphatic rings. The van der Waals surface area contributed by atoms with Gasteiger partial charge >= 0.3 is 0 Å². The van der Waals surface area contributed by atoms with E-state index in [-0.39, 0.29) is 0 Å². The topological polar surface area (TPSA) is 76.6 Å². The van der Waals surface area contributed by atoms with E-state index in [2.05, 4.69) is 20.2 Å². The summed E-state index contributed by atoms with van der Waals surface area (Å²) in [6.07, 6.45) is 2.40. The number of thiazole rings is 1. The third kappa shape index (κ3) is 2.27. The summed E-state index contributed by atoms with van der Waals surface area (Å²) in [4.78, 5) is 21.4. The van der Waals surface area contributed by atoms with Gasteiger partial charge in [0.1, 0.15) is 5.52 Å². The number of rotatable bonds is 4. The van der Waals surface area contributed by atoms with Crippen LogP contribution in [0.4, 0.5) is 10.8 Å². The van der Waals surface area contributed by atoms with Crippen molar-refractivity contribution in [3.8, 4) is 5.88 Å². The molecule has 106 valence electrons. The molecule has 0 aliphatic carbocycles. The Labute approximate surface area is 119 Å². The van der Waals surface area contributed by atoms with E-state index in [1.807, 2.05) is 0 Å². The SMILES string of the molecule is COc1ncc(N2CCOCC2)c2sc(NC=O)nc12. The van der Waals surface area contributed by atoms with Crippen molar-refractivity contribution in [1.82, 2.24) is 9.97 Å². The van der Waals surface area contributed by atoms with Crippen molar-refractivity contribution < 1.29 is 14.3 Å². The molecule has 8 heteroatoms. The van der Waals surface area contributed by atoms with Crippen LogP contribution in [0.25, 0.3) is 10.2 Å². The second-order valence-corrected chi connectivity index (χ2v) is 5.21. The quantitative estimate of drug-likeness (QED) is 0.851. The van der Waals surface area contributed by atoms with Crippen molar-refractivity contribution in [3.05, 3.63) is 6.20 Å². The second kappa shape index (κ2) is 5.59. The maximum absolute atomic E-state index is 10.6. The van der Waals surface area contributed by atoms with Crippen LogP contribution in [-0.4, -0.2) is 49.8 Å². The van der Waals surface area contributed by atoms with Gasteiger partial charge in [0, 0.05) is 13.1 Å². The summed E-state index contributed by atoms with van der Waals surface area (Å²) in [5, 5.41) is 3.12. The first-order valence-electron chi connectivity index (χ1n) is 6.20. The molecule has 1 saturated heterocycles. The number of aromatic nitrogens is 2. The molecule has 2 aromatic rings. The van der Waals surface area contributed by atoms with Crippen LogP contribution >= 0.6 is 11.3 Å². The van der Waals surface area contributed by atoms with Gasteiger partial charge in [0.05, 0.1) is 36.9 Å². The van der Waals surface area contributed by atoms with E-state index in [1.54, 1.807) is 13.3 Å². The molecular weight excluding hydrogens is 280 g/mol. The monoisotopic (exact) mass is 294 g/mol. The lowest BCUT2D eigenvalue weighted by atomic mass is 10.3. The standard InChI is InChI=1S/C12H14N4O3S/c1-18-11-9-10(20-12(15-9)14-7-17)8(6-13-11)16-2-4-19-5-3-16/h6-7H,2-5H2,1H3,(H,14,15,17). The van der Waals surface area contributed by atoms with Crippen molar-refractivity contribution in [1.29, 1.82) is 0 Å². The third-order valence-corrected chi connectivity index (χ3v) is 4.10. The molecule has 1 fully saturated rings. The fourth-order valence-corrected chi connectivity index (χ4v) is 3.12. The van der Waals surface area contributed by atoms with E-state index < -0.39 is 0 Å². The predicted molar refractivity (Wildman–Crippen MR) is 76.7 cm³/mol. The van der Waals surface area contributed by atoms with Crippen molar-refractivity contribution in [3.63, 3.8) is 0 Å². The van der Waals surface area contributed by atoms with Crippen LogP contribution in [0.3, 0.4) is 0 Å². The van der Waals surface area contributed by atoms with E-state index in [0.29, 0.717) is 36.2 Å². The fraction of sp³-hybridized carbons (Fsp3) is 0.417. The van der Waals surface area contributed by atoms with Gasteiger partial charge in [-0.3, -0.25) is 4.79 Å². The average molecular weight is 294 g/mol.